The number of fused-ring (bicyclic) bond motifs is 1. The van der Waals surface area contributed by atoms with Gasteiger partial charge in [-0.15, -0.1) is 0 Å². The second-order valence-electron chi connectivity index (χ2n) is 6.27. The molecule has 3 aromatic rings. The molecule has 0 bridgehead atoms. The molecule has 0 saturated heterocycles. The molecule has 0 saturated carbocycles. The molecule has 0 spiro atoms. The lowest BCUT2D eigenvalue weighted by molar-refractivity contribution is 0.238. The Labute approximate surface area is 149 Å². The zero-order valence-electron chi connectivity index (χ0n) is 14.4. The fourth-order valence-corrected chi connectivity index (χ4v) is 3.20. The van der Waals surface area contributed by atoms with Gasteiger partial charge in [-0.1, -0.05) is 0 Å². The van der Waals surface area contributed by atoms with Crippen molar-refractivity contribution in [3.05, 3.63) is 63.8 Å². The summed E-state index contributed by atoms with van der Waals surface area (Å²) in [5, 5.41) is 10.1. The number of aromatic hydroxyl groups is 1. The Morgan fingerprint density at radius 1 is 1.38 bits per heavy atom. The number of methoxy groups -OCH3 is 1. The molecule has 26 heavy (non-hydrogen) atoms. The number of benzene rings is 1. The lowest BCUT2D eigenvalue weighted by Crippen LogP contribution is -2.35. The highest BCUT2D eigenvalue weighted by Crippen LogP contribution is 2.26. The van der Waals surface area contributed by atoms with E-state index in [0.29, 0.717) is 42.4 Å². The van der Waals surface area contributed by atoms with Crippen molar-refractivity contribution in [3.8, 4) is 23.1 Å². The lowest BCUT2D eigenvalue weighted by atomic mass is 10.1. The van der Waals surface area contributed by atoms with Crippen molar-refractivity contribution < 1.29 is 14.3 Å². The van der Waals surface area contributed by atoms with Gasteiger partial charge in [0.05, 0.1) is 24.6 Å². The second-order valence-corrected chi connectivity index (χ2v) is 6.27. The molecule has 0 aliphatic carbocycles. The van der Waals surface area contributed by atoms with E-state index in [-0.39, 0.29) is 11.3 Å². The fraction of sp³-hybridized carbons (Fsp3) is 0.263. The molecule has 1 aliphatic rings. The number of aromatic nitrogens is 2. The van der Waals surface area contributed by atoms with Crippen LogP contribution in [0.5, 0.6) is 11.5 Å². The standard InChI is InChI=1S/C19H19N3O4/c1-25-13-4-5-16(23)12(9-13)10-22-7-6-15-14(11-22)19(24)21-18(20-15)17-3-2-8-26-17/h2-5,8-9,23H,6-7,10-11H2,1H3,(H,20,21,24). The van der Waals surface area contributed by atoms with Crippen LogP contribution in [0.2, 0.25) is 0 Å². The smallest absolute Gasteiger partial charge is 0.256 e. The summed E-state index contributed by atoms with van der Waals surface area (Å²) >= 11 is 0. The van der Waals surface area contributed by atoms with Crippen molar-refractivity contribution in [2.75, 3.05) is 13.7 Å². The van der Waals surface area contributed by atoms with E-state index in [1.165, 1.54) is 0 Å². The summed E-state index contributed by atoms with van der Waals surface area (Å²) in [6.07, 6.45) is 2.22. The summed E-state index contributed by atoms with van der Waals surface area (Å²) < 4.78 is 10.5. The fourth-order valence-electron chi connectivity index (χ4n) is 3.20. The molecule has 7 nitrogen and oxygen atoms in total. The molecule has 0 amide bonds. The minimum atomic E-state index is -0.152. The first-order valence-electron chi connectivity index (χ1n) is 8.38. The number of nitrogens with one attached hydrogen (secondary N) is 1. The predicted octanol–water partition coefficient (Wildman–Crippen LogP) is 2.30. The van der Waals surface area contributed by atoms with Gasteiger partial charge in [-0.3, -0.25) is 9.69 Å². The zero-order valence-corrected chi connectivity index (χ0v) is 14.4. The summed E-state index contributed by atoms with van der Waals surface area (Å²) in [4.78, 5) is 22.0. The van der Waals surface area contributed by atoms with Crippen LogP contribution < -0.4 is 10.3 Å². The van der Waals surface area contributed by atoms with Crippen LogP contribution in [0.1, 0.15) is 16.8 Å². The average Bonchev–Trinajstić information content (AvgIpc) is 3.18. The van der Waals surface area contributed by atoms with Gasteiger partial charge in [-0.2, -0.15) is 0 Å². The molecule has 0 atom stereocenters. The number of hydrogen-bond acceptors (Lipinski definition) is 6. The van der Waals surface area contributed by atoms with Crippen molar-refractivity contribution in [3.63, 3.8) is 0 Å². The van der Waals surface area contributed by atoms with Crippen molar-refractivity contribution in [1.82, 2.24) is 14.9 Å². The van der Waals surface area contributed by atoms with Crippen molar-refractivity contribution in [2.45, 2.75) is 19.5 Å². The van der Waals surface area contributed by atoms with Gasteiger partial charge in [-0.25, -0.2) is 4.98 Å². The normalized spacial score (nSPS) is 14.2. The van der Waals surface area contributed by atoms with E-state index in [4.69, 9.17) is 9.15 Å². The average molecular weight is 353 g/mol. The van der Waals surface area contributed by atoms with Crippen LogP contribution in [0, 0.1) is 0 Å². The number of furan rings is 1. The number of nitrogens with zero attached hydrogens (tertiary/aromatic N) is 2. The number of aromatic amines is 1. The monoisotopic (exact) mass is 353 g/mol. The van der Waals surface area contributed by atoms with Gasteiger partial charge < -0.3 is 19.2 Å². The third-order valence-corrected chi connectivity index (χ3v) is 4.58. The number of H-pyrrole nitrogens is 1. The lowest BCUT2D eigenvalue weighted by Gasteiger charge is -2.28. The molecular formula is C19H19N3O4. The molecule has 134 valence electrons. The first-order chi connectivity index (χ1) is 12.6. The Balaban J connectivity index is 1.58. The number of ether oxygens (including phenoxy) is 1. The Bertz CT molecular complexity index is 979. The minimum absolute atomic E-state index is 0.152. The zero-order chi connectivity index (χ0) is 18.1. The van der Waals surface area contributed by atoms with Crippen molar-refractivity contribution >= 4 is 0 Å². The van der Waals surface area contributed by atoms with Gasteiger partial charge in [0, 0.05) is 31.6 Å². The number of rotatable bonds is 4. The maximum Gasteiger partial charge on any atom is 0.256 e. The van der Waals surface area contributed by atoms with Gasteiger partial charge in [0.25, 0.3) is 5.56 Å². The van der Waals surface area contributed by atoms with E-state index >= 15 is 0 Å². The van der Waals surface area contributed by atoms with Crippen LogP contribution in [0.25, 0.3) is 11.6 Å². The van der Waals surface area contributed by atoms with Crippen LogP contribution >= 0.6 is 0 Å². The summed E-state index contributed by atoms with van der Waals surface area (Å²) in [5.74, 6) is 1.92. The quantitative estimate of drug-likeness (QED) is 0.748. The van der Waals surface area contributed by atoms with Gasteiger partial charge in [0.2, 0.25) is 0 Å². The summed E-state index contributed by atoms with van der Waals surface area (Å²) in [5.41, 5.74) is 2.07. The van der Waals surface area contributed by atoms with Crippen LogP contribution in [-0.4, -0.2) is 33.6 Å². The predicted molar refractivity (Wildman–Crippen MR) is 95.0 cm³/mol. The molecule has 2 aromatic heterocycles. The van der Waals surface area contributed by atoms with Crippen LogP contribution in [0.3, 0.4) is 0 Å². The van der Waals surface area contributed by atoms with Gasteiger partial charge in [-0.05, 0) is 30.3 Å². The van der Waals surface area contributed by atoms with Gasteiger partial charge in [0.15, 0.2) is 11.6 Å². The molecule has 3 heterocycles. The second kappa shape index (κ2) is 6.68. The van der Waals surface area contributed by atoms with Crippen molar-refractivity contribution in [1.29, 1.82) is 0 Å². The molecular weight excluding hydrogens is 334 g/mol. The van der Waals surface area contributed by atoms with Gasteiger partial charge in [0.1, 0.15) is 11.5 Å². The Kier molecular flexibility index (Phi) is 4.22. The molecule has 1 aliphatic heterocycles. The highest BCUT2D eigenvalue weighted by molar-refractivity contribution is 5.47. The number of phenolic OH excluding ortho intramolecular Hbond substituents is 1. The van der Waals surface area contributed by atoms with E-state index in [1.807, 2.05) is 6.07 Å². The maximum absolute atomic E-state index is 12.5. The molecule has 0 radical (unpaired) electrons. The Morgan fingerprint density at radius 2 is 2.27 bits per heavy atom. The van der Waals surface area contributed by atoms with Crippen LogP contribution in [0.15, 0.2) is 45.8 Å². The van der Waals surface area contributed by atoms with E-state index < -0.39 is 0 Å². The largest absolute Gasteiger partial charge is 0.508 e. The molecule has 0 fully saturated rings. The van der Waals surface area contributed by atoms with Crippen LogP contribution in [-0.2, 0) is 19.5 Å². The molecule has 2 N–H and O–H groups in total. The SMILES string of the molecule is COc1ccc(O)c(CN2CCc3nc(-c4ccco4)[nH]c(=O)c3C2)c1. The molecule has 7 heteroatoms. The summed E-state index contributed by atoms with van der Waals surface area (Å²) in [6, 6.07) is 8.68. The maximum atomic E-state index is 12.5. The van der Waals surface area contributed by atoms with E-state index in [9.17, 15) is 9.90 Å². The van der Waals surface area contributed by atoms with E-state index in [2.05, 4.69) is 14.9 Å². The molecule has 0 unspecified atom stereocenters. The Hall–Kier alpha value is -3.06. The first kappa shape index (κ1) is 16.4. The summed E-state index contributed by atoms with van der Waals surface area (Å²) in [6.45, 7) is 1.76. The highest BCUT2D eigenvalue weighted by Gasteiger charge is 2.22. The highest BCUT2D eigenvalue weighted by atomic mass is 16.5. The Morgan fingerprint density at radius 3 is 3.04 bits per heavy atom. The third-order valence-electron chi connectivity index (χ3n) is 4.58. The third kappa shape index (κ3) is 3.09. The van der Waals surface area contributed by atoms with Gasteiger partial charge >= 0.3 is 0 Å². The number of hydrogen-bond donors (Lipinski definition) is 2. The van der Waals surface area contributed by atoms with Crippen molar-refractivity contribution in [2.24, 2.45) is 0 Å². The van der Waals surface area contributed by atoms with E-state index in [0.717, 1.165) is 17.8 Å². The summed E-state index contributed by atoms with van der Waals surface area (Å²) in [7, 11) is 1.59. The topological polar surface area (TPSA) is 91.6 Å². The van der Waals surface area contributed by atoms with E-state index in [1.54, 1.807) is 37.6 Å². The molecule has 1 aromatic carbocycles. The molecule has 4 rings (SSSR count). The van der Waals surface area contributed by atoms with Crippen LogP contribution in [0.4, 0.5) is 0 Å². The minimum Gasteiger partial charge on any atom is -0.508 e. The number of phenols is 1. The first-order valence-corrected chi connectivity index (χ1v) is 8.38.